The minimum atomic E-state index is 0.599. The first-order chi connectivity index (χ1) is 11.2. The number of rotatable bonds is 3. The molecule has 2 bridgehead atoms. The standard InChI is InChI=1S/C22H23N/c1-16-3-7-18(8-4-16)19-11-13-21(14-12-19)23(2)22-15-17-5-9-20(22)10-6-17/h3-5,7-9,11-15,17,20H,6,10H2,1-2H3. The summed E-state index contributed by atoms with van der Waals surface area (Å²) in [5.41, 5.74) is 6.60. The zero-order chi connectivity index (χ0) is 15.8. The van der Waals surface area contributed by atoms with Gasteiger partial charge in [-0.1, -0.05) is 60.2 Å². The van der Waals surface area contributed by atoms with E-state index in [2.05, 4.69) is 85.6 Å². The molecule has 1 heteroatoms. The van der Waals surface area contributed by atoms with Crippen molar-refractivity contribution in [2.45, 2.75) is 19.8 Å². The van der Waals surface area contributed by atoms with Gasteiger partial charge in [0.1, 0.15) is 0 Å². The molecule has 2 aromatic rings. The van der Waals surface area contributed by atoms with Crippen molar-refractivity contribution in [2.24, 2.45) is 11.8 Å². The van der Waals surface area contributed by atoms with E-state index in [1.165, 1.54) is 40.9 Å². The normalized spacial score (nSPS) is 22.1. The summed E-state index contributed by atoms with van der Waals surface area (Å²) in [6.07, 6.45) is 9.80. The summed E-state index contributed by atoms with van der Waals surface area (Å²) in [7, 11) is 2.20. The van der Waals surface area contributed by atoms with Gasteiger partial charge >= 0.3 is 0 Å². The van der Waals surface area contributed by atoms with Gasteiger partial charge in [0, 0.05) is 24.4 Å². The lowest BCUT2D eigenvalue weighted by atomic mass is 9.79. The third-order valence-corrected chi connectivity index (χ3v) is 5.19. The lowest BCUT2D eigenvalue weighted by Gasteiger charge is -2.36. The highest BCUT2D eigenvalue weighted by Gasteiger charge is 2.26. The second-order valence-corrected chi connectivity index (χ2v) is 6.80. The fourth-order valence-electron chi connectivity index (χ4n) is 3.70. The summed E-state index contributed by atoms with van der Waals surface area (Å²) in [6.45, 7) is 2.13. The van der Waals surface area contributed by atoms with Gasteiger partial charge in [-0.25, -0.2) is 0 Å². The zero-order valence-electron chi connectivity index (χ0n) is 13.9. The highest BCUT2D eigenvalue weighted by Crippen LogP contribution is 2.38. The van der Waals surface area contributed by atoms with Crippen molar-refractivity contribution < 1.29 is 0 Å². The number of aryl methyl sites for hydroxylation is 1. The van der Waals surface area contributed by atoms with Crippen LogP contribution in [0, 0.1) is 18.8 Å². The van der Waals surface area contributed by atoms with Crippen LogP contribution in [0.3, 0.4) is 0 Å². The van der Waals surface area contributed by atoms with E-state index in [1.807, 2.05) is 0 Å². The smallest absolute Gasteiger partial charge is 0.0406 e. The maximum absolute atomic E-state index is 2.45. The number of anilines is 1. The van der Waals surface area contributed by atoms with E-state index < -0.39 is 0 Å². The summed E-state index contributed by atoms with van der Waals surface area (Å²) in [5, 5.41) is 0. The second-order valence-electron chi connectivity index (χ2n) is 6.80. The Morgan fingerprint density at radius 1 is 0.826 bits per heavy atom. The molecule has 2 aromatic carbocycles. The third kappa shape index (κ3) is 2.72. The number of hydrogen-bond donors (Lipinski definition) is 0. The van der Waals surface area contributed by atoms with Crippen molar-refractivity contribution in [1.82, 2.24) is 0 Å². The van der Waals surface area contributed by atoms with E-state index in [1.54, 1.807) is 0 Å². The van der Waals surface area contributed by atoms with Crippen LogP contribution < -0.4 is 4.90 Å². The Morgan fingerprint density at radius 2 is 1.48 bits per heavy atom. The first kappa shape index (κ1) is 14.3. The van der Waals surface area contributed by atoms with E-state index in [-0.39, 0.29) is 0 Å². The van der Waals surface area contributed by atoms with E-state index >= 15 is 0 Å². The molecular formula is C22H23N. The number of allylic oxidation sites excluding steroid dienone is 3. The number of fused-ring (bicyclic) bond motifs is 1. The van der Waals surface area contributed by atoms with Gasteiger partial charge < -0.3 is 4.90 Å². The summed E-state index contributed by atoms with van der Waals surface area (Å²) < 4.78 is 0. The summed E-state index contributed by atoms with van der Waals surface area (Å²) in [5.74, 6) is 1.24. The molecule has 0 fully saturated rings. The molecule has 5 rings (SSSR count). The fraction of sp³-hybridized carbons (Fsp3) is 0.273. The predicted octanol–water partition coefficient (Wildman–Crippen LogP) is 5.58. The van der Waals surface area contributed by atoms with Crippen molar-refractivity contribution in [3.8, 4) is 11.1 Å². The van der Waals surface area contributed by atoms with E-state index in [0.717, 1.165) is 0 Å². The number of benzene rings is 2. The number of hydrogen-bond acceptors (Lipinski definition) is 1. The Morgan fingerprint density at radius 3 is 2.00 bits per heavy atom. The van der Waals surface area contributed by atoms with Crippen LogP contribution in [0.4, 0.5) is 5.69 Å². The molecule has 3 aliphatic rings. The highest BCUT2D eigenvalue weighted by atomic mass is 15.1. The van der Waals surface area contributed by atoms with Crippen LogP contribution in [0.25, 0.3) is 11.1 Å². The highest BCUT2D eigenvalue weighted by molar-refractivity contribution is 5.67. The molecule has 2 unspecified atom stereocenters. The van der Waals surface area contributed by atoms with Crippen molar-refractivity contribution in [1.29, 1.82) is 0 Å². The predicted molar refractivity (Wildman–Crippen MR) is 98.5 cm³/mol. The van der Waals surface area contributed by atoms with Crippen LogP contribution in [0.2, 0.25) is 0 Å². The Balaban J connectivity index is 1.57. The van der Waals surface area contributed by atoms with Gasteiger partial charge in [0.25, 0.3) is 0 Å². The monoisotopic (exact) mass is 301 g/mol. The first-order valence-corrected chi connectivity index (χ1v) is 8.51. The Bertz CT molecular complexity index is 750. The van der Waals surface area contributed by atoms with Crippen LogP contribution in [0.15, 0.2) is 72.5 Å². The molecule has 116 valence electrons. The van der Waals surface area contributed by atoms with Crippen LogP contribution in [0.1, 0.15) is 18.4 Å². The summed E-state index contributed by atoms with van der Waals surface area (Å²) >= 11 is 0. The fourth-order valence-corrected chi connectivity index (χ4v) is 3.70. The molecule has 0 heterocycles. The first-order valence-electron chi connectivity index (χ1n) is 8.51. The van der Waals surface area contributed by atoms with Crippen molar-refractivity contribution in [3.63, 3.8) is 0 Å². The quantitative estimate of drug-likeness (QED) is 0.669. The lowest BCUT2D eigenvalue weighted by Crippen LogP contribution is -2.28. The van der Waals surface area contributed by atoms with Crippen LogP contribution in [-0.4, -0.2) is 7.05 Å². The van der Waals surface area contributed by atoms with Crippen molar-refractivity contribution in [2.75, 3.05) is 11.9 Å². The molecule has 2 atom stereocenters. The van der Waals surface area contributed by atoms with Gasteiger partial charge in [-0.3, -0.25) is 0 Å². The Kier molecular flexibility index (Phi) is 3.57. The molecule has 0 aromatic heterocycles. The van der Waals surface area contributed by atoms with Gasteiger partial charge in [0.15, 0.2) is 0 Å². The topological polar surface area (TPSA) is 3.24 Å². The zero-order valence-corrected chi connectivity index (χ0v) is 13.9. The van der Waals surface area contributed by atoms with Gasteiger partial charge in [0.05, 0.1) is 0 Å². The molecule has 0 saturated heterocycles. The minimum absolute atomic E-state index is 0.599. The van der Waals surface area contributed by atoms with Crippen LogP contribution in [-0.2, 0) is 0 Å². The number of nitrogens with zero attached hydrogens (tertiary/aromatic N) is 1. The van der Waals surface area contributed by atoms with Gasteiger partial charge in [-0.05, 0) is 48.9 Å². The van der Waals surface area contributed by atoms with Crippen molar-refractivity contribution >= 4 is 5.69 Å². The molecule has 0 saturated carbocycles. The second kappa shape index (κ2) is 5.73. The van der Waals surface area contributed by atoms with E-state index in [0.29, 0.717) is 11.8 Å². The van der Waals surface area contributed by atoms with Crippen molar-refractivity contribution in [3.05, 3.63) is 78.0 Å². The average Bonchev–Trinajstić information content (AvgIpc) is 2.63. The summed E-state index contributed by atoms with van der Waals surface area (Å²) in [4.78, 5) is 2.36. The lowest BCUT2D eigenvalue weighted by molar-refractivity contribution is 0.496. The molecule has 1 nitrogen and oxygen atoms in total. The molecule has 23 heavy (non-hydrogen) atoms. The van der Waals surface area contributed by atoms with Gasteiger partial charge in [-0.15, -0.1) is 0 Å². The van der Waals surface area contributed by atoms with E-state index in [4.69, 9.17) is 0 Å². The van der Waals surface area contributed by atoms with Gasteiger partial charge in [0.2, 0.25) is 0 Å². The Labute approximate surface area is 139 Å². The molecule has 0 spiro atoms. The van der Waals surface area contributed by atoms with E-state index in [9.17, 15) is 0 Å². The van der Waals surface area contributed by atoms with Gasteiger partial charge in [-0.2, -0.15) is 0 Å². The summed E-state index contributed by atoms with van der Waals surface area (Å²) in [6, 6.07) is 17.7. The van der Waals surface area contributed by atoms with Crippen LogP contribution >= 0.6 is 0 Å². The molecule has 0 N–H and O–H groups in total. The Hall–Kier alpha value is -2.28. The molecule has 0 radical (unpaired) electrons. The molecular weight excluding hydrogens is 278 g/mol. The third-order valence-electron chi connectivity index (χ3n) is 5.19. The minimum Gasteiger partial charge on any atom is -0.348 e. The largest absolute Gasteiger partial charge is 0.348 e. The SMILES string of the molecule is Cc1ccc(-c2ccc(N(C)C3=CC4C=CC3CC4)cc2)cc1. The maximum atomic E-state index is 2.45. The maximum Gasteiger partial charge on any atom is 0.0406 e. The van der Waals surface area contributed by atoms with Crippen LogP contribution in [0.5, 0.6) is 0 Å². The molecule has 0 aliphatic heterocycles. The molecule has 0 amide bonds. The average molecular weight is 301 g/mol. The molecule has 3 aliphatic carbocycles.